The number of hydrogen-bond acceptors (Lipinski definition) is 5. The Kier molecular flexibility index (Phi) is 8.55. The van der Waals surface area contributed by atoms with Gasteiger partial charge in [-0.1, -0.05) is 24.3 Å². The van der Waals surface area contributed by atoms with Gasteiger partial charge in [-0.2, -0.15) is 0 Å². The maximum atomic E-state index is 5.46. The fourth-order valence-corrected chi connectivity index (χ4v) is 3.46. The third-order valence-electron chi connectivity index (χ3n) is 5.06. The molecule has 0 bridgehead atoms. The molecule has 2 aromatic rings. The highest BCUT2D eigenvalue weighted by atomic mass is 16.5. The van der Waals surface area contributed by atoms with Crippen molar-refractivity contribution in [3.63, 3.8) is 0 Å². The number of hydrogen-bond donors (Lipinski definition) is 2. The van der Waals surface area contributed by atoms with Crippen LogP contribution < -0.4 is 10.6 Å². The summed E-state index contributed by atoms with van der Waals surface area (Å²) >= 11 is 0. The molecule has 0 radical (unpaired) electrons. The Morgan fingerprint density at radius 1 is 1.07 bits per heavy atom. The van der Waals surface area contributed by atoms with Gasteiger partial charge in [0.25, 0.3) is 0 Å². The second-order valence-corrected chi connectivity index (χ2v) is 7.33. The number of nitrogens with one attached hydrogen (secondary N) is 2. The molecule has 158 valence electrons. The fraction of sp³-hybridized carbons (Fsp3) is 0.500. The van der Waals surface area contributed by atoms with E-state index in [0.29, 0.717) is 0 Å². The average molecular weight is 400 g/mol. The van der Waals surface area contributed by atoms with Gasteiger partial charge in [0.2, 0.25) is 0 Å². The first-order valence-corrected chi connectivity index (χ1v) is 10.3. The number of morpholine rings is 1. The quantitative estimate of drug-likeness (QED) is 0.496. The number of benzene rings is 1. The Labute approximate surface area is 173 Å². The molecule has 0 amide bonds. The van der Waals surface area contributed by atoms with Crippen LogP contribution in [0.5, 0.6) is 0 Å². The van der Waals surface area contributed by atoms with Crippen LogP contribution in [-0.4, -0.2) is 69.2 Å². The Hall–Kier alpha value is -2.35. The first kappa shape index (κ1) is 21.4. The maximum Gasteiger partial charge on any atom is 0.191 e. The van der Waals surface area contributed by atoms with Gasteiger partial charge >= 0.3 is 0 Å². The molecule has 2 heterocycles. The highest BCUT2D eigenvalue weighted by molar-refractivity contribution is 5.79. The molecule has 0 atom stereocenters. The molecule has 0 unspecified atom stereocenters. The van der Waals surface area contributed by atoms with E-state index in [2.05, 4.69) is 56.7 Å². The van der Waals surface area contributed by atoms with Crippen molar-refractivity contribution in [1.82, 2.24) is 20.4 Å². The highest BCUT2D eigenvalue weighted by Crippen LogP contribution is 2.13. The molecule has 1 aromatic heterocycles. The Morgan fingerprint density at radius 2 is 1.86 bits per heavy atom. The van der Waals surface area contributed by atoms with Gasteiger partial charge in [-0.25, -0.2) is 0 Å². The molecule has 1 aromatic carbocycles. The topological polar surface area (TPSA) is 65.3 Å². The van der Waals surface area contributed by atoms with Gasteiger partial charge < -0.3 is 19.8 Å². The Balaban J connectivity index is 1.46. The van der Waals surface area contributed by atoms with Gasteiger partial charge in [0.1, 0.15) is 5.76 Å². The third kappa shape index (κ3) is 7.20. The van der Waals surface area contributed by atoms with Gasteiger partial charge in [0, 0.05) is 46.3 Å². The zero-order valence-corrected chi connectivity index (χ0v) is 17.6. The molecule has 0 aliphatic carbocycles. The highest BCUT2D eigenvalue weighted by Gasteiger charge is 2.10. The molecule has 0 spiro atoms. The van der Waals surface area contributed by atoms with Gasteiger partial charge in [-0.3, -0.25) is 14.8 Å². The maximum absolute atomic E-state index is 5.46. The largest absolute Gasteiger partial charge is 0.468 e. The van der Waals surface area contributed by atoms with Crippen molar-refractivity contribution in [2.45, 2.75) is 19.6 Å². The van der Waals surface area contributed by atoms with E-state index in [1.807, 2.05) is 19.2 Å². The second-order valence-electron chi connectivity index (χ2n) is 7.33. The summed E-state index contributed by atoms with van der Waals surface area (Å²) in [4.78, 5) is 9.02. The van der Waals surface area contributed by atoms with E-state index in [9.17, 15) is 0 Å². The van der Waals surface area contributed by atoms with Crippen LogP contribution in [0.4, 0.5) is 0 Å². The summed E-state index contributed by atoms with van der Waals surface area (Å²) in [7, 11) is 3.92. The van der Waals surface area contributed by atoms with Crippen molar-refractivity contribution < 1.29 is 9.15 Å². The molecular weight excluding hydrogens is 366 g/mol. The molecule has 2 N–H and O–H groups in total. The average Bonchev–Trinajstić information content (AvgIpc) is 3.25. The number of nitrogens with zero attached hydrogens (tertiary/aromatic N) is 3. The van der Waals surface area contributed by atoms with Crippen molar-refractivity contribution >= 4 is 5.96 Å². The van der Waals surface area contributed by atoms with E-state index in [-0.39, 0.29) is 0 Å². The summed E-state index contributed by atoms with van der Waals surface area (Å²) in [5, 5.41) is 6.85. The summed E-state index contributed by atoms with van der Waals surface area (Å²) in [5.74, 6) is 1.81. The van der Waals surface area contributed by atoms with E-state index in [4.69, 9.17) is 9.15 Å². The lowest BCUT2D eigenvalue weighted by molar-refractivity contribution is 0.0389. The van der Waals surface area contributed by atoms with Gasteiger partial charge in [-0.15, -0.1) is 0 Å². The summed E-state index contributed by atoms with van der Waals surface area (Å²) < 4.78 is 10.9. The van der Waals surface area contributed by atoms with Crippen molar-refractivity contribution in [1.29, 1.82) is 0 Å². The van der Waals surface area contributed by atoms with E-state index in [1.54, 1.807) is 6.26 Å². The van der Waals surface area contributed by atoms with Crippen LogP contribution in [0.1, 0.15) is 16.9 Å². The number of ether oxygens (including phenoxy) is 1. The zero-order chi connectivity index (χ0) is 20.3. The lowest BCUT2D eigenvalue weighted by atomic mass is 10.1. The first-order valence-electron chi connectivity index (χ1n) is 10.3. The molecule has 7 nitrogen and oxygen atoms in total. The molecule has 1 saturated heterocycles. The van der Waals surface area contributed by atoms with Crippen LogP contribution in [0.25, 0.3) is 0 Å². The first-order chi connectivity index (χ1) is 14.2. The molecular formula is C22H33N5O2. The molecule has 0 saturated carbocycles. The van der Waals surface area contributed by atoms with Gasteiger partial charge in [-0.05, 0) is 30.3 Å². The monoisotopic (exact) mass is 399 g/mol. The van der Waals surface area contributed by atoms with Crippen molar-refractivity contribution in [2.24, 2.45) is 4.99 Å². The zero-order valence-electron chi connectivity index (χ0n) is 17.6. The summed E-state index contributed by atoms with van der Waals surface area (Å²) in [5.41, 5.74) is 2.58. The normalized spacial score (nSPS) is 15.6. The second kappa shape index (κ2) is 11.6. The van der Waals surface area contributed by atoms with E-state index in [0.717, 1.165) is 70.7 Å². The van der Waals surface area contributed by atoms with Crippen molar-refractivity contribution in [2.75, 3.05) is 53.5 Å². The number of guanidine groups is 1. The third-order valence-corrected chi connectivity index (χ3v) is 5.06. The van der Waals surface area contributed by atoms with Crippen molar-refractivity contribution in [3.05, 3.63) is 59.5 Å². The minimum Gasteiger partial charge on any atom is -0.468 e. The van der Waals surface area contributed by atoms with E-state index in [1.165, 1.54) is 11.1 Å². The molecule has 29 heavy (non-hydrogen) atoms. The predicted octanol–water partition coefficient (Wildman–Crippen LogP) is 1.91. The minimum absolute atomic E-state index is 0.738. The van der Waals surface area contributed by atoms with E-state index < -0.39 is 0 Å². The van der Waals surface area contributed by atoms with Crippen molar-refractivity contribution in [3.8, 4) is 0 Å². The SMILES string of the molecule is CN=C(NCCN1CCOCC1)NCc1ccccc1CN(C)Cc1ccco1. The van der Waals surface area contributed by atoms with Crippen LogP contribution in [0.15, 0.2) is 52.1 Å². The Morgan fingerprint density at radius 3 is 2.59 bits per heavy atom. The molecule has 1 fully saturated rings. The minimum atomic E-state index is 0.738. The number of aliphatic imine (C=N–C) groups is 1. The lowest BCUT2D eigenvalue weighted by Gasteiger charge is -2.26. The molecule has 3 rings (SSSR count). The van der Waals surface area contributed by atoms with Crippen LogP contribution in [0, 0.1) is 0 Å². The fourth-order valence-electron chi connectivity index (χ4n) is 3.46. The Bertz CT molecular complexity index is 741. The smallest absolute Gasteiger partial charge is 0.191 e. The molecule has 7 heteroatoms. The van der Waals surface area contributed by atoms with E-state index >= 15 is 0 Å². The summed E-state index contributed by atoms with van der Waals surface area (Å²) in [6.45, 7) is 7.93. The van der Waals surface area contributed by atoms with Gasteiger partial charge in [0.05, 0.1) is 26.0 Å². The van der Waals surface area contributed by atoms with Gasteiger partial charge in [0.15, 0.2) is 5.96 Å². The van der Waals surface area contributed by atoms with Crippen LogP contribution >= 0.6 is 0 Å². The van der Waals surface area contributed by atoms with Crippen LogP contribution in [-0.2, 0) is 24.4 Å². The van der Waals surface area contributed by atoms with Crippen LogP contribution in [0.3, 0.4) is 0 Å². The lowest BCUT2D eigenvalue weighted by Crippen LogP contribution is -2.44. The van der Waals surface area contributed by atoms with Crippen LogP contribution in [0.2, 0.25) is 0 Å². The number of rotatable bonds is 9. The molecule has 1 aliphatic rings. The number of furan rings is 1. The predicted molar refractivity (Wildman–Crippen MR) is 116 cm³/mol. The summed E-state index contributed by atoms with van der Waals surface area (Å²) in [6.07, 6.45) is 1.72. The molecule has 1 aliphatic heterocycles. The standard InChI is InChI=1S/C22H33N5O2/c1-23-22(24-9-10-27-11-14-28-15-12-27)25-16-19-6-3-4-7-20(19)17-26(2)18-21-8-5-13-29-21/h3-8,13H,9-12,14-18H2,1-2H3,(H2,23,24,25). The summed E-state index contributed by atoms with van der Waals surface area (Å²) in [6, 6.07) is 12.5.